The molecule has 5 heteroatoms. The van der Waals surface area contributed by atoms with Gasteiger partial charge < -0.3 is 10.2 Å². The third-order valence-corrected chi connectivity index (χ3v) is 6.17. The Hall–Kier alpha value is -3.05. The standard InChI is InChI=1S/C25H25NO4/c27-22-15-23(28)21(14-18-8-3-7-17-10-4-12-26-24(17)18)20(22)11-2-6-16-5-1-9-19(13-16)25(29)30/h1,3-5,7-10,12-13,20-22,27H,2,6,11,14-15H2,(H,29,30)/t20-,21?,22?/m1/s1. The number of nitrogens with zero attached hydrogens (tertiary/aromatic N) is 1. The zero-order valence-corrected chi connectivity index (χ0v) is 16.7. The Morgan fingerprint density at radius 3 is 2.73 bits per heavy atom. The second-order valence-corrected chi connectivity index (χ2v) is 8.10. The fourth-order valence-electron chi connectivity index (χ4n) is 4.65. The molecule has 0 aliphatic heterocycles. The predicted octanol–water partition coefficient (Wildman–Crippen LogP) is 4.06. The van der Waals surface area contributed by atoms with Gasteiger partial charge in [0, 0.05) is 23.9 Å². The van der Waals surface area contributed by atoms with Crippen molar-refractivity contribution >= 4 is 22.7 Å². The normalized spacial score (nSPS) is 21.2. The van der Waals surface area contributed by atoms with Gasteiger partial charge in [0.15, 0.2) is 0 Å². The second-order valence-electron chi connectivity index (χ2n) is 8.10. The molecule has 1 aliphatic carbocycles. The van der Waals surface area contributed by atoms with Crippen LogP contribution in [-0.2, 0) is 17.6 Å². The van der Waals surface area contributed by atoms with Gasteiger partial charge in [-0.25, -0.2) is 4.79 Å². The van der Waals surface area contributed by atoms with Crippen molar-refractivity contribution in [2.75, 3.05) is 0 Å². The molecule has 0 amide bonds. The second kappa shape index (κ2) is 8.76. The molecular formula is C25H25NO4. The molecule has 5 nitrogen and oxygen atoms in total. The van der Waals surface area contributed by atoms with Crippen LogP contribution in [0.3, 0.4) is 0 Å². The number of ketones is 1. The molecule has 0 bridgehead atoms. The van der Waals surface area contributed by atoms with Crippen LogP contribution in [0.5, 0.6) is 0 Å². The fourth-order valence-corrected chi connectivity index (χ4v) is 4.65. The number of aliphatic hydroxyl groups excluding tert-OH is 1. The van der Waals surface area contributed by atoms with Crippen LogP contribution in [-0.4, -0.2) is 33.1 Å². The van der Waals surface area contributed by atoms with Gasteiger partial charge in [-0.1, -0.05) is 36.4 Å². The number of carboxylic acid groups (broad SMARTS) is 1. The van der Waals surface area contributed by atoms with E-state index in [0.717, 1.165) is 41.3 Å². The molecule has 2 aromatic carbocycles. The van der Waals surface area contributed by atoms with E-state index in [4.69, 9.17) is 5.11 Å². The number of Topliss-reactive ketones (excluding diaryl/α,β-unsaturated/α-hetero) is 1. The summed E-state index contributed by atoms with van der Waals surface area (Å²) in [6.07, 6.45) is 4.19. The number of aromatic nitrogens is 1. The predicted molar refractivity (Wildman–Crippen MR) is 114 cm³/mol. The fraction of sp³-hybridized carbons (Fsp3) is 0.320. The summed E-state index contributed by atoms with van der Waals surface area (Å²) in [5, 5.41) is 20.7. The van der Waals surface area contributed by atoms with Crippen molar-refractivity contribution in [3.05, 3.63) is 77.5 Å². The first-order chi connectivity index (χ1) is 14.5. The average molecular weight is 403 g/mol. The number of benzene rings is 2. The van der Waals surface area contributed by atoms with Crippen LogP contribution in [0.15, 0.2) is 60.8 Å². The Morgan fingerprint density at radius 2 is 1.90 bits per heavy atom. The maximum absolute atomic E-state index is 12.6. The smallest absolute Gasteiger partial charge is 0.335 e. The summed E-state index contributed by atoms with van der Waals surface area (Å²) in [4.78, 5) is 28.3. The lowest BCUT2D eigenvalue weighted by molar-refractivity contribution is -0.121. The van der Waals surface area contributed by atoms with Crippen LogP contribution in [0, 0.1) is 11.8 Å². The lowest BCUT2D eigenvalue weighted by Crippen LogP contribution is -2.23. The molecule has 1 heterocycles. The van der Waals surface area contributed by atoms with Crippen molar-refractivity contribution in [1.29, 1.82) is 0 Å². The van der Waals surface area contributed by atoms with E-state index in [-0.39, 0.29) is 29.6 Å². The number of carbonyl (C=O) groups is 2. The summed E-state index contributed by atoms with van der Waals surface area (Å²) >= 11 is 0. The van der Waals surface area contributed by atoms with Gasteiger partial charge in [-0.05, 0) is 60.9 Å². The molecule has 3 aromatic rings. The highest BCUT2D eigenvalue weighted by atomic mass is 16.4. The first kappa shape index (κ1) is 20.2. The van der Waals surface area contributed by atoms with Crippen LogP contribution in [0.2, 0.25) is 0 Å². The molecule has 2 N–H and O–H groups in total. The third-order valence-electron chi connectivity index (χ3n) is 6.17. The number of hydrogen-bond acceptors (Lipinski definition) is 4. The number of aliphatic hydroxyl groups is 1. The minimum Gasteiger partial charge on any atom is -0.478 e. The molecule has 2 unspecified atom stereocenters. The molecule has 1 aliphatic rings. The Bertz CT molecular complexity index is 1070. The first-order valence-electron chi connectivity index (χ1n) is 10.4. The average Bonchev–Trinajstić information content (AvgIpc) is 3.01. The molecule has 0 spiro atoms. The number of fused-ring (bicyclic) bond motifs is 1. The Labute approximate surface area is 175 Å². The molecule has 154 valence electrons. The van der Waals surface area contributed by atoms with Crippen molar-refractivity contribution < 1.29 is 19.8 Å². The zero-order chi connectivity index (χ0) is 21.1. The monoisotopic (exact) mass is 403 g/mol. The summed E-state index contributed by atoms with van der Waals surface area (Å²) in [6.45, 7) is 0. The Balaban J connectivity index is 1.46. The highest BCUT2D eigenvalue weighted by Gasteiger charge is 2.41. The van der Waals surface area contributed by atoms with Crippen LogP contribution in [0.4, 0.5) is 0 Å². The molecule has 4 rings (SSSR count). The summed E-state index contributed by atoms with van der Waals surface area (Å²) < 4.78 is 0. The van der Waals surface area contributed by atoms with Gasteiger partial charge in [-0.15, -0.1) is 0 Å². The van der Waals surface area contributed by atoms with E-state index >= 15 is 0 Å². The molecule has 30 heavy (non-hydrogen) atoms. The number of carbonyl (C=O) groups excluding carboxylic acids is 1. The van der Waals surface area contributed by atoms with E-state index in [2.05, 4.69) is 4.98 Å². The molecule has 1 fully saturated rings. The van der Waals surface area contributed by atoms with Gasteiger partial charge in [0.2, 0.25) is 0 Å². The lowest BCUT2D eigenvalue weighted by Gasteiger charge is -2.21. The highest BCUT2D eigenvalue weighted by Crippen LogP contribution is 2.36. The van der Waals surface area contributed by atoms with Crippen LogP contribution >= 0.6 is 0 Å². The van der Waals surface area contributed by atoms with Crippen LogP contribution in [0.25, 0.3) is 10.9 Å². The zero-order valence-electron chi connectivity index (χ0n) is 16.7. The topological polar surface area (TPSA) is 87.5 Å². The number of para-hydroxylation sites is 1. The van der Waals surface area contributed by atoms with Gasteiger partial charge in [0.1, 0.15) is 5.78 Å². The van der Waals surface area contributed by atoms with E-state index in [9.17, 15) is 14.7 Å². The van der Waals surface area contributed by atoms with Crippen molar-refractivity contribution in [2.24, 2.45) is 11.8 Å². The first-order valence-corrected chi connectivity index (χ1v) is 10.4. The van der Waals surface area contributed by atoms with E-state index in [0.29, 0.717) is 6.42 Å². The Morgan fingerprint density at radius 1 is 1.10 bits per heavy atom. The molecule has 0 saturated heterocycles. The van der Waals surface area contributed by atoms with Crippen LogP contribution < -0.4 is 0 Å². The van der Waals surface area contributed by atoms with E-state index in [1.165, 1.54) is 0 Å². The van der Waals surface area contributed by atoms with Gasteiger partial charge >= 0.3 is 5.97 Å². The molecule has 1 aromatic heterocycles. The van der Waals surface area contributed by atoms with Gasteiger partial charge in [-0.3, -0.25) is 9.78 Å². The van der Waals surface area contributed by atoms with E-state index < -0.39 is 12.1 Å². The van der Waals surface area contributed by atoms with E-state index in [1.54, 1.807) is 24.4 Å². The number of hydrogen-bond donors (Lipinski definition) is 2. The summed E-state index contributed by atoms with van der Waals surface area (Å²) in [6, 6.07) is 16.9. The molecular weight excluding hydrogens is 378 g/mol. The van der Waals surface area contributed by atoms with Crippen molar-refractivity contribution in [2.45, 2.75) is 38.2 Å². The maximum atomic E-state index is 12.6. The largest absolute Gasteiger partial charge is 0.478 e. The van der Waals surface area contributed by atoms with Crippen molar-refractivity contribution in [3.63, 3.8) is 0 Å². The number of carboxylic acids is 1. The minimum atomic E-state index is -0.933. The SMILES string of the molecule is O=C(O)c1cccc(CCC[C@H]2C(O)CC(=O)C2Cc2cccc3cccnc23)c1. The summed E-state index contributed by atoms with van der Waals surface area (Å²) in [7, 11) is 0. The molecule has 1 saturated carbocycles. The van der Waals surface area contributed by atoms with Crippen LogP contribution in [0.1, 0.15) is 40.7 Å². The number of aryl methyl sites for hydroxylation is 1. The van der Waals surface area contributed by atoms with Gasteiger partial charge in [0.05, 0.1) is 17.2 Å². The highest BCUT2D eigenvalue weighted by molar-refractivity contribution is 5.88. The quantitative estimate of drug-likeness (QED) is 0.621. The number of aromatic carboxylic acids is 1. The number of rotatable bonds is 7. The molecule has 0 radical (unpaired) electrons. The third kappa shape index (κ3) is 4.26. The minimum absolute atomic E-state index is 0.0841. The van der Waals surface area contributed by atoms with Crippen molar-refractivity contribution in [3.8, 4) is 0 Å². The maximum Gasteiger partial charge on any atom is 0.335 e. The Kier molecular flexibility index (Phi) is 5.91. The van der Waals surface area contributed by atoms with Gasteiger partial charge in [0.25, 0.3) is 0 Å². The van der Waals surface area contributed by atoms with E-state index in [1.807, 2.05) is 36.4 Å². The van der Waals surface area contributed by atoms with Gasteiger partial charge in [-0.2, -0.15) is 0 Å². The van der Waals surface area contributed by atoms with Crippen molar-refractivity contribution in [1.82, 2.24) is 4.98 Å². The number of pyridine rings is 1. The lowest BCUT2D eigenvalue weighted by atomic mass is 9.84. The summed E-state index contributed by atoms with van der Waals surface area (Å²) in [5.74, 6) is -1.11. The molecule has 3 atom stereocenters. The summed E-state index contributed by atoms with van der Waals surface area (Å²) in [5.41, 5.74) is 3.20.